The summed E-state index contributed by atoms with van der Waals surface area (Å²) in [5, 5.41) is 3.37. The fraction of sp³-hybridized carbons (Fsp3) is 0.950. The molecule has 30 heavy (non-hydrogen) atoms. The zero-order valence-electron chi connectivity index (χ0n) is 19.3. The number of rotatable bonds is 9. The Morgan fingerprint density at radius 3 is 2.47 bits per heavy atom. The maximum atomic E-state index is 12.5. The van der Waals surface area contributed by atoms with E-state index < -0.39 is 10.0 Å². The Hall–Kier alpha value is -0.940. The summed E-state index contributed by atoms with van der Waals surface area (Å²) in [7, 11) is -1.09. The first-order valence-electron chi connectivity index (χ1n) is 11.4. The Labute approximate surface area is 183 Å². The molecule has 0 radical (unpaired) electrons. The first-order valence-corrected chi connectivity index (χ1v) is 13.0. The molecule has 2 saturated heterocycles. The highest BCUT2D eigenvalue weighted by atomic mass is 32.2. The molecule has 9 nitrogen and oxygen atoms in total. The summed E-state index contributed by atoms with van der Waals surface area (Å²) in [6.45, 7) is 15.5. The molecular formula is C20H42N6O3S. The molecule has 2 heterocycles. The lowest BCUT2D eigenvalue weighted by Crippen LogP contribution is -2.54. The highest BCUT2D eigenvalue weighted by Gasteiger charge is 2.28. The van der Waals surface area contributed by atoms with E-state index in [0.717, 1.165) is 45.2 Å². The lowest BCUT2D eigenvalue weighted by Gasteiger charge is -2.36. The summed E-state index contributed by atoms with van der Waals surface area (Å²) in [5.74, 6) is 0.939. The largest absolute Gasteiger partial charge is 0.378 e. The molecule has 2 aliphatic heterocycles. The Kier molecular flexibility index (Phi) is 10.8. The molecule has 0 aliphatic carbocycles. The van der Waals surface area contributed by atoms with Gasteiger partial charge in [-0.2, -0.15) is 4.31 Å². The molecule has 0 atom stereocenters. The van der Waals surface area contributed by atoms with Gasteiger partial charge in [-0.1, -0.05) is 0 Å². The van der Waals surface area contributed by atoms with Crippen molar-refractivity contribution in [2.24, 2.45) is 4.99 Å². The minimum Gasteiger partial charge on any atom is -0.378 e. The lowest BCUT2D eigenvalue weighted by molar-refractivity contribution is 0.0904. The zero-order valence-corrected chi connectivity index (χ0v) is 20.2. The van der Waals surface area contributed by atoms with Crippen LogP contribution in [0.4, 0.5) is 0 Å². The maximum absolute atomic E-state index is 12.5. The van der Waals surface area contributed by atoms with Crippen LogP contribution in [0.2, 0.25) is 0 Å². The van der Waals surface area contributed by atoms with Crippen LogP contribution in [0.5, 0.6) is 0 Å². The predicted molar refractivity (Wildman–Crippen MR) is 123 cm³/mol. The minimum atomic E-state index is -3.27. The van der Waals surface area contributed by atoms with Gasteiger partial charge in [-0.3, -0.25) is 4.99 Å². The number of guanidine groups is 1. The number of piperazine rings is 1. The molecule has 176 valence electrons. The number of aliphatic imine (C=N–C) groups is 1. The number of ether oxygens (including phenoxy) is 1. The SMILES string of the molecule is CCNC(=NCCN1CCCN(C)CC1)N1CCN(S(=O)(=O)CCOC(C)C)CC1. The van der Waals surface area contributed by atoms with E-state index in [4.69, 9.17) is 9.73 Å². The standard InChI is InChI=1S/C20H42N6O3S/c1-5-21-20(22-7-10-24-9-6-8-23(4)11-12-24)25-13-15-26(16-14-25)30(27,28)18-17-29-19(2)3/h19H,5-18H2,1-4H3,(H,21,22). The number of hydrogen-bond donors (Lipinski definition) is 1. The number of likely N-dealkylation sites (N-methyl/N-ethyl adjacent to an activating group) is 1. The third-order valence-corrected chi connectivity index (χ3v) is 7.38. The Bertz CT molecular complexity index is 620. The minimum absolute atomic E-state index is 0.0460. The second kappa shape index (κ2) is 12.8. The van der Waals surface area contributed by atoms with Crippen LogP contribution in [0.25, 0.3) is 0 Å². The van der Waals surface area contributed by atoms with Crippen molar-refractivity contribution in [3.05, 3.63) is 0 Å². The second-order valence-corrected chi connectivity index (χ2v) is 10.4. The van der Waals surface area contributed by atoms with E-state index in [2.05, 4.69) is 34.0 Å². The number of nitrogens with one attached hydrogen (secondary N) is 1. The maximum Gasteiger partial charge on any atom is 0.216 e. The lowest BCUT2D eigenvalue weighted by atomic mass is 10.4. The summed E-state index contributed by atoms with van der Waals surface area (Å²) in [5.41, 5.74) is 0. The van der Waals surface area contributed by atoms with Gasteiger partial charge in [0.1, 0.15) is 0 Å². The highest BCUT2D eigenvalue weighted by Crippen LogP contribution is 2.09. The molecule has 2 fully saturated rings. The quantitative estimate of drug-likeness (QED) is 0.393. The van der Waals surface area contributed by atoms with Crippen molar-refractivity contribution < 1.29 is 13.2 Å². The summed E-state index contributed by atoms with van der Waals surface area (Å²) >= 11 is 0. The highest BCUT2D eigenvalue weighted by molar-refractivity contribution is 7.89. The topological polar surface area (TPSA) is 80.7 Å². The van der Waals surface area contributed by atoms with Crippen molar-refractivity contribution in [2.75, 3.05) is 91.4 Å². The third kappa shape index (κ3) is 8.66. The third-order valence-electron chi connectivity index (χ3n) is 5.55. The van der Waals surface area contributed by atoms with Crippen LogP contribution in [0.15, 0.2) is 4.99 Å². The average Bonchev–Trinajstić information content (AvgIpc) is 2.91. The molecule has 2 aliphatic rings. The summed E-state index contributed by atoms with van der Waals surface area (Å²) < 4.78 is 32.1. The van der Waals surface area contributed by atoms with Gasteiger partial charge in [0.15, 0.2) is 5.96 Å². The normalized spacial score (nSPS) is 21.2. The van der Waals surface area contributed by atoms with Crippen molar-refractivity contribution in [2.45, 2.75) is 33.3 Å². The van der Waals surface area contributed by atoms with E-state index in [1.54, 1.807) is 4.31 Å². The fourth-order valence-corrected chi connectivity index (χ4v) is 5.03. The number of sulfonamides is 1. The van der Waals surface area contributed by atoms with E-state index in [1.807, 2.05) is 13.8 Å². The van der Waals surface area contributed by atoms with Crippen molar-refractivity contribution in [1.82, 2.24) is 24.3 Å². The molecule has 2 rings (SSSR count). The summed E-state index contributed by atoms with van der Waals surface area (Å²) in [6, 6.07) is 0. The fourth-order valence-electron chi connectivity index (χ4n) is 3.74. The van der Waals surface area contributed by atoms with Gasteiger partial charge in [-0.15, -0.1) is 0 Å². The molecule has 0 aromatic heterocycles. The van der Waals surface area contributed by atoms with Gasteiger partial charge >= 0.3 is 0 Å². The van der Waals surface area contributed by atoms with Gasteiger partial charge in [0.05, 0.1) is 25.0 Å². The second-order valence-electron chi connectivity index (χ2n) is 8.36. The molecule has 0 bridgehead atoms. The molecule has 0 amide bonds. The molecule has 0 aromatic carbocycles. The van der Waals surface area contributed by atoms with Crippen LogP contribution in [-0.2, 0) is 14.8 Å². The van der Waals surface area contributed by atoms with Crippen LogP contribution in [0.3, 0.4) is 0 Å². The first kappa shape index (κ1) is 25.3. The molecule has 0 spiro atoms. The van der Waals surface area contributed by atoms with Crippen LogP contribution in [-0.4, -0.2) is 131 Å². The molecule has 0 unspecified atom stereocenters. The molecule has 1 N–H and O–H groups in total. The van der Waals surface area contributed by atoms with Crippen LogP contribution in [0.1, 0.15) is 27.2 Å². The van der Waals surface area contributed by atoms with Crippen LogP contribution in [0, 0.1) is 0 Å². The Morgan fingerprint density at radius 2 is 1.80 bits per heavy atom. The van der Waals surface area contributed by atoms with E-state index in [9.17, 15) is 8.42 Å². The molecule has 10 heteroatoms. The first-order chi connectivity index (χ1) is 14.3. The van der Waals surface area contributed by atoms with Crippen molar-refractivity contribution in [1.29, 1.82) is 0 Å². The van der Waals surface area contributed by atoms with E-state index in [1.165, 1.54) is 13.0 Å². The van der Waals surface area contributed by atoms with Crippen LogP contribution >= 0.6 is 0 Å². The summed E-state index contributed by atoms with van der Waals surface area (Å²) in [4.78, 5) is 11.9. The smallest absolute Gasteiger partial charge is 0.216 e. The van der Waals surface area contributed by atoms with Crippen molar-refractivity contribution >= 4 is 16.0 Å². The van der Waals surface area contributed by atoms with Gasteiger partial charge in [0.25, 0.3) is 0 Å². The van der Waals surface area contributed by atoms with Gasteiger partial charge in [-0.25, -0.2) is 8.42 Å². The number of hydrogen-bond acceptors (Lipinski definition) is 6. The van der Waals surface area contributed by atoms with Crippen LogP contribution < -0.4 is 5.32 Å². The van der Waals surface area contributed by atoms with E-state index in [-0.39, 0.29) is 18.5 Å². The van der Waals surface area contributed by atoms with Gasteiger partial charge in [0.2, 0.25) is 10.0 Å². The summed E-state index contributed by atoms with van der Waals surface area (Å²) in [6.07, 6.45) is 1.25. The monoisotopic (exact) mass is 446 g/mol. The predicted octanol–water partition coefficient (Wildman–Crippen LogP) is -0.0382. The molecular weight excluding hydrogens is 404 g/mol. The zero-order chi connectivity index (χ0) is 22.0. The molecule has 0 aromatic rings. The Morgan fingerprint density at radius 1 is 1.07 bits per heavy atom. The van der Waals surface area contributed by atoms with Crippen molar-refractivity contribution in [3.63, 3.8) is 0 Å². The van der Waals surface area contributed by atoms with Crippen molar-refractivity contribution in [3.8, 4) is 0 Å². The van der Waals surface area contributed by atoms with Gasteiger partial charge in [0, 0.05) is 52.4 Å². The van der Waals surface area contributed by atoms with E-state index in [0.29, 0.717) is 26.2 Å². The van der Waals surface area contributed by atoms with Gasteiger partial charge in [-0.05, 0) is 47.3 Å². The average molecular weight is 447 g/mol. The Balaban J connectivity index is 1.82. The molecule has 0 saturated carbocycles. The number of nitrogens with zero attached hydrogens (tertiary/aromatic N) is 5. The van der Waals surface area contributed by atoms with Gasteiger partial charge < -0.3 is 24.8 Å². The van der Waals surface area contributed by atoms with E-state index >= 15 is 0 Å².